The highest BCUT2D eigenvalue weighted by molar-refractivity contribution is 5.71. The van der Waals surface area contributed by atoms with Crippen molar-refractivity contribution in [3.63, 3.8) is 0 Å². The number of esters is 3. The lowest BCUT2D eigenvalue weighted by atomic mass is 10.1. The Morgan fingerprint density at radius 1 is 0.375 bits per heavy atom. The third kappa shape index (κ3) is 42.5. The second-order valence-electron chi connectivity index (χ2n) is 15.6. The molecule has 0 aromatic heterocycles. The van der Waals surface area contributed by atoms with Gasteiger partial charge in [-0.25, -0.2) is 0 Å². The maximum atomic E-state index is 12.7. The molecule has 0 N–H and O–H groups in total. The lowest BCUT2D eigenvalue weighted by Crippen LogP contribution is -2.30. The van der Waals surface area contributed by atoms with E-state index in [2.05, 4.69) is 69.4 Å². The van der Waals surface area contributed by atoms with Gasteiger partial charge in [-0.1, -0.05) is 166 Å². The van der Waals surface area contributed by atoms with Crippen LogP contribution in [0, 0.1) is 0 Å². The molecule has 0 saturated carbocycles. The number of hydrogen-bond acceptors (Lipinski definition) is 6. The van der Waals surface area contributed by atoms with E-state index in [4.69, 9.17) is 14.2 Å². The zero-order valence-corrected chi connectivity index (χ0v) is 36.9. The topological polar surface area (TPSA) is 78.9 Å². The molecule has 56 heavy (non-hydrogen) atoms. The van der Waals surface area contributed by atoms with E-state index in [-0.39, 0.29) is 31.1 Å². The summed E-state index contributed by atoms with van der Waals surface area (Å²) in [6.45, 7) is 6.47. The summed E-state index contributed by atoms with van der Waals surface area (Å²) in [5.41, 5.74) is 0. The van der Waals surface area contributed by atoms with Gasteiger partial charge in [0.25, 0.3) is 0 Å². The summed E-state index contributed by atoms with van der Waals surface area (Å²) in [6, 6.07) is 0. The Balaban J connectivity index is 4.44. The van der Waals surface area contributed by atoms with E-state index in [9.17, 15) is 14.4 Å². The lowest BCUT2D eigenvalue weighted by molar-refractivity contribution is -0.167. The minimum absolute atomic E-state index is 0.0912. The Kier molecular flexibility index (Phi) is 43.0. The van der Waals surface area contributed by atoms with Crippen molar-refractivity contribution >= 4 is 17.9 Å². The molecule has 6 heteroatoms. The molecular weight excluding hydrogens is 697 g/mol. The van der Waals surface area contributed by atoms with Crippen LogP contribution in [0.2, 0.25) is 0 Å². The third-order valence-corrected chi connectivity index (χ3v) is 10.0. The molecule has 0 aliphatic carbocycles. The van der Waals surface area contributed by atoms with E-state index in [1.54, 1.807) is 0 Å². The first kappa shape index (κ1) is 53.4. The third-order valence-electron chi connectivity index (χ3n) is 10.0. The molecule has 324 valence electrons. The Labute approximate surface area is 346 Å². The van der Waals surface area contributed by atoms with Gasteiger partial charge in [-0.05, 0) is 96.3 Å². The highest BCUT2D eigenvalue weighted by Gasteiger charge is 2.19. The van der Waals surface area contributed by atoms with Crippen LogP contribution in [0.4, 0.5) is 0 Å². The molecule has 1 unspecified atom stereocenters. The van der Waals surface area contributed by atoms with Crippen molar-refractivity contribution in [3.05, 3.63) is 48.6 Å². The molecule has 0 aliphatic rings. The lowest BCUT2D eigenvalue weighted by Gasteiger charge is -2.18. The number of ether oxygens (including phenoxy) is 3. The second-order valence-corrected chi connectivity index (χ2v) is 15.6. The molecule has 0 radical (unpaired) electrons. The summed E-state index contributed by atoms with van der Waals surface area (Å²) >= 11 is 0. The Morgan fingerprint density at radius 2 is 0.696 bits per heavy atom. The highest BCUT2D eigenvalue weighted by atomic mass is 16.6. The summed E-state index contributed by atoms with van der Waals surface area (Å²) in [6.07, 6.45) is 52.4. The van der Waals surface area contributed by atoms with Gasteiger partial charge in [0, 0.05) is 19.3 Å². The monoisotopic (exact) mass is 785 g/mol. The molecule has 6 nitrogen and oxygen atoms in total. The van der Waals surface area contributed by atoms with Crippen molar-refractivity contribution in [3.8, 4) is 0 Å². The van der Waals surface area contributed by atoms with E-state index in [0.717, 1.165) is 116 Å². The van der Waals surface area contributed by atoms with E-state index < -0.39 is 6.10 Å². The predicted molar refractivity (Wildman–Crippen MR) is 238 cm³/mol. The normalized spacial score (nSPS) is 12.4. The zero-order valence-electron chi connectivity index (χ0n) is 36.9. The standard InChI is InChI=1S/C50H88O6/c1-4-7-10-13-16-19-22-25-28-31-34-37-40-43-49(52)55-46-47(45-54-48(51)42-39-36-33-30-27-24-21-18-15-12-9-6-3)56-50(53)44-41-38-35-32-29-26-23-20-17-14-11-8-5-2/h9,12,18,21,25-26,28-29,47H,4-8,10-11,13-17,19-20,22-24,27,30-46H2,1-3H3/b12-9-,21-18-,28-25-,29-26-. The molecule has 1 atom stereocenters. The van der Waals surface area contributed by atoms with Crippen LogP contribution in [0.15, 0.2) is 48.6 Å². The maximum Gasteiger partial charge on any atom is 0.306 e. The fourth-order valence-corrected chi connectivity index (χ4v) is 6.47. The predicted octanol–water partition coefficient (Wildman–Crippen LogP) is 15.1. The first-order valence-corrected chi connectivity index (χ1v) is 23.6. The molecule has 0 fully saturated rings. The van der Waals surface area contributed by atoms with Crippen LogP contribution in [0.25, 0.3) is 0 Å². The fraction of sp³-hybridized carbons (Fsp3) is 0.780. The molecule has 0 aliphatic heterocycles. The average Bonchev–Trinajstić information content (AvgIpc) is 3.19. The smallest absolute Gasteiger partial charge is 0.306 e. The molecule has 0 bridgehead atoms. The van der Waals surface area contributed by atoms with E-state index in [1.165, 1.54) is 77.0 Å². The maximum absolute atomic E-state index is 12.7. The van der Waals surface area contributed by atoms with Crippen LogP contribution in [-0.2, 0) is 28.6 Å². The minimum Gasteiger partial charge on any atom is -0.462 e. The van der Waals surface area contributed by atoms with Gasteiger partial charge in [-0.15, -0.1) is 0 Å². The van der Waals surface area contributed by atoms with Gasteiger partial charge in [0.1, 0.15) is 13.2 Å². The molecule has 0 rings (SSSR count). The molecule has 0 saturated heterocycles. The summed E-state index contributed by atoms with van der Waals surface area (Å²) in [5.74, 6) is -0.937. The molecule has 0 aromatic rings. The first-order valence-electron chi connectivity index (χ1n) is 23.6. The van der Waals surface area contributed by atoms with Crippen molar-refractivity contribution in [2.45, 2.75) is 239 Å². The van der Waals surface area contributed by atoms with Crippen molar-refractivity contribution in [2.24, 2.45) is 0 Å². The number of carbonyl (C=O) groups excluding carboxylic acids is 3. The van der Waals surface area contributed by atoms with Gasteiger partial charge in [0.15, 0.2) is 6.10 Å². The van der Waals surface area contributed by atoms with Crippen LogP contribution >= 0.6 is 0 Å². The number of unbranched alkanes of at least 4 members (excludes halogenated alkanes) is 23. The molecular formula is C50H88O6. The van der Waals surface area contributed by atoms with E-state index >= 15 is 0 Å². The molecule has 0 spiro atoms. The number of rotatable bonds is 42. The van der Waals surface area contributed by atoms with Gasteiger partial charge in [0.2, 0.25) is 0 Å². The average molecular weight is 785 g/mol. The zero-order chi connectivity index (χ0) is 40.8. The van der Waals surface area contributed by atoms with Crippen molar-refractivity contribution in [1.82, 2.24) is 0 Å². The molecule has 0 aromatic carbocycles. The Bertz CT molecular complexity index is 996. The van der Waals surface area contributed by atoms with Crippen LogP contribution in [0.5, 0.6) is 0 Å². The number of allylic oxidation sites excluding steroid dienone is 8. The largest absolute Gasteiger partial charge is 0.462 e. The van der Waals surface area contributed by atoms with Crippen LogP contribution < -0.4 is 0 Å². The van der Waals surface area contributed by atoms with Crippen LogP contribution in [0.1, 0.15) is 233 Å². The van der Waals surface area contributed by atoms with Gasteiger partial charge in [0.05, 0.1) is 0 Å². The van der Waals surface area contributed by atoms with E-state index in [1.807, 2.05) is 0 Å². The van der Waals surface area contributed by atoms with Crippen LogP contribution in [-0.4, -0.2) is 37.2 Å². The quantitative estimate of drug-likeness (QED) is 0.0265. The number of carbonyl (C=O) groups is 3. The minimum atomic E-state index is -0.789. The van der Waals surface area contributed by atoms with Gasteiger partial charge in [-0.3, -0.25) is 14.4 Å². The second kappa shape index (κ2) is 45.1. The fourth-order valence-electron chi connectivity index (χ4n) is 6.47. The Hall–Kier alpha value is -2.63. The summed E-state index contributed by atoms with van der Waals surface area (Å²) in [4.78, 5) is 37.8. The van der Waals surface area contributed by atoms with Gasteiger partial charge >= 0.3 is 17.9 Å². The van der Waals surface area contributed by atoms with Crippen LogP contribution in [0.3, 0.4) is 0 Å². The van der Waals surface area contributed by atoms with Crippen molar-refractivity contribution in [1.29, 1.82) is 0 Å². The number of hydrogen-bond donors (Lipinski definition) is 0. The van der Waals surface area contributed by atoms with Crippen molar-refractivity contribution < 1.29 is 28.6 Å². The van der Waals surface area contributed by atoms with Crippen molar-refractivity contribution in [2.75, 3.05) is 13.2 Å². The highest BCUT2D eigenvalue weighted by Crippen LogP contribution is 2.13. The molecule has 0 amide bonds. The Morgan fingerprint density at radius 3 is 1.11 bits per heavy atom. The molecule has 0 heterocycles. The van der Waals surface area contributed by atoms with Gasteiger partial charge in [-0.2, -0.15) is 0 Å². The first-order chi connectivity index (χ1) is 27.5. The van der Waals surface area contributed by atoms with E-state index in [0.29, 0.717) is 19.3 Å². The van der Waals surface area contributed by atoms with Gasteiger partial charge < -0.3 is 14.2 Å². The summed E-state index contributed by atoms with van der Waals surface area (Å²) in [7, 11) is 0. The summed E-state index contributed by atoms with van der Waals surface area (Å²) in [5, 5.41) is 0. The SMILES string of the molecule is CC/C=C\C/C=C\CCCCCCCC(=O)OCC(COC(=O)CCCCC/C=C\CCCCCCCC)OC(=O)CCCCC/C=C\CCCCCCCC. The summed E-state index contributed by atoms with van der Waals surface area (Å²) < 4.78 is 16.7.